The van der Waals surface area contributed by atoms with Gasteiger partial charge in [0.25, 0.3) is 5.91 Å². The molecule has 0 spiro atoms. The molecule has 1 amide bonds. The molecule has 1 fully saturated rings. The number of amides is 1. The Morgan fingerprint density at radius 3 is 2.26 bits per heavy atom. The summed E-state index contributed by atoms with van der Waals surface area (Å²) < 4.78 is 11.4. The van der Waals surface area contributed by atoms with Crippen molar-refractivity contribution >= 4 is 17.5 Å². The molecule has 2 aromatic carbocycles. The average Bonchev–Trinajstić information content (AvgIpc) is 2.81. The van der Waals surface area contributed by atoms with Gasteiger partial charge in [-0.1, -0.05) is 54.1 Å². The number of hydrogen-bond acceptors (Lipinski definition) is 5. The summed E-state index contributed by atoms with van der Waals surface area (Å²) in [6, 6.07) is 18.4. The van der Waals surface area contributed by atoms with Crippen LogP contribution in [0.5, 0.6) is 11.8 Å². The molecule has 0 unspecified atom stereocenters. The minimum absolute atomic E-state index is 0.000271. The normalized spacial score (nSPS) is 18.2. The number of halogens is 1. The molecule has 1 aliphatic carbocycles. The van der Waals surface area contributed by atoms with E-state index in [1.165, 1.54) is 12.4 Å². The first kappa shape index (κ1) is 21.1. The third-order valence-corrected chi connectivity index (χ3v) is 5.43. The highest BCUT2D eigenvalue weighted by Crippen LogP contribution is 2.23. The lowest BCUT2D eigenvalue weighted by molar-refractivity contribution is -0.124. The molecule has 0 bridgehead atoms. The Kier molecular flexibility index (Phi) is 6.99. The summed E-state index contributed by atoms with van der Waals surface area (Å²) in [5, 5.41) is 3.53. The Bertz CT molecular complexity index is 973. The van der Waals surface area contributed by atoms with Gasteiger partial charge in [-0.25, -0.2) is 9.97 Å². The molecule has 4 rings (SSSR count). The summed E-state index contributed by atoms with van der Waals surface area (Å²) in [6.07, 6.45) is 6.44. The fraction of sp³-hybridized carbons (Fsp3) is 0.292. The van der Waals surface area contributed by atoms with Gasteiger partial charge in [0.05, 0.1) is 17.4 Å². The van der Waals surface area contributed by atoms with E-state index in [0.717, 1.165) is 36.8 Å². The molecular formula is C24H24ClN3O3. The summed E-state index contributed by atoms with van der Waals surface area (Å²) >= 11 is 5.79. The highest BCUT2D eigenvalue weighted by Gasteiger charge is 2.24. The Hall–Kier alpha value is -3.12. The predicted octanol–water partition coefficient (Wildman–Crippen LogP) is 4.68. The number of nitrogens with zero attached hydrogens (tertiary/aromatic N) is 2. The number of ether oxygens (including phenoxy) is 2. The van der Waals surface area contributed by atoms with Gasteiger partial charge in [0, 0.05) is 6.04 Å². The molecule has 7 heteroatoms. The molecule has 0 aliphatic heterocycles. The van der Waals surface area contributed by atoms with Crippen LogP contribution in [-0.2, 0) is 4.79 Å². The molecule has 1 heterocycles. The van der Waals surface area contributed by atoms with Gasteiger partial charge in [-0.3, -0.25) is 4.79 Å². The van der Waals surface area contributed by atoms with Gasteiger partial charge < -0.3 is 14.8 Å². The number of aromatic nitrogens is 2. The Morgan fingerprint density at radius 2 is 1.58 bits per heavy atom. The second-order valence-corrected chi connectivity index (χ2v) is 7.96. The van der Waals surface area contributed by atoms with Crippen LogP contribution in [0.25, 0.3) is 11.1 Å². The maximum atomic E-state index is 12.3. The smallest absolute Gasteiger partial charge is 0.316 e. The lowest BCUT2D eigenvalue weighted by Crippen LogP contribution is -2.41. The van der Waals surface area contributed by atoms with E-state index in [0.29, 0.717) is 16.8 Å². The van der Waals surface area contributed by atoms with Crippen LogP contribution in [0.2, 0.25) is 5.02 Å². The largest absolute Gasteiger partial charge is 0.484 e. The number of nitrogens with one attached hydrogen (secondary N) is 1. The van der Waals surface area contributed by atoms with Gasteiger partial charge in [-0.15, -0.1) is 0 Å². The van der Waals surface area contributed by atoms with Crippen LogP contribution in [0.4, 0.5) is 0 Å². The van der Waals surface area contributed by atoms with E-state index in [1.54, 1.807) is 0 Å². The van der Waals surface area contributed by atoms with Crippen molar-refractivity contribution < 1.29 is 14.3 Å². The van der Waals surface area contributed by atoms with Crippen LogP contribution in [-0.4, -0.2) is 34.6 Å². The zero-order chi connectivity index (χ0) is 21.5. The van der Waals surface area contributed by atoms with E-state index in [1.807, 2.05) is 42.5 Å². The standard InChI is InChI=1S/C24H24ClN3O3/c25-19-14-26-24(27-15-19)31-22-12-8-20(9-13-22)28-23(29)16-30-21-10-6-18(7-11-21)17-4-2-1-3-5-17/h1-7,10-11,14-15,20,22H,8-9,12-13,16H2,(H,28,29). The number of hydrogen-bond donors (Lipinski definition) is 1. The quantitative estimate of drug-likeness (QED) is 0.580. The molecule has 1 N–H and O–H groups in total. The van der Waals surface area contributed by atoms with Crippen LogP contribution in [0.3, 0.4) is 0 Å². The lowest BCUT2D eigenvalue weighted by atomic mass is 9.93. The van der Waals surface area contributed by atoms with E-state index < -0.39 is 0 Å². The van der Waals surface area contributed by atoms with Crippen LogP contribution in [0.1, 0.15) is 25.7 Å². The number of carbonyl (C=O) groups is 1. The third kappa shape index (κ3) is 6.18. The first-order chi connectivity index (χ1) is 15.2. The van der Waals surface area contributed by atoms with E-state index >= 15 is 0 Å². The van der Waals surface area contributed by atoms with Crippen molar-refractivity contribution in [1.29, 1.82) is 0 Å². The summed E-state index contributed by atoms with van der Waals surface area (Å²) in [5.74, 6) is 0.562. The molecule has 1 aliphatic rings. The Morgan fingerprint density at radius 1 is 0.935 bits per heavy atom. The number of rotatable bonds is 7. The van der Waals surface area contributed by atoms with Crippen LogP contribution in [0, 0.1) is 0 Å². The summed E-state index contributed by atoms with van der Waals surface area (Å²) in [6.45, 7) is -0.000271. The van der Waals surface area contributed by atoms with Crippen LogP contribution in [0.15, 0.2) is 67.0 Å². The van der Waals surface area contributed by atoms with E-state index in [9.17, 15) is 4.79 Å². The van der Waals surface area contributed by atoms with Crippen molar-refractivity contribution in [3.63, 3.8) is 0 Å². The topological polar surface area (TPSA) is 73.3 Å². The zero-order valence-electron chi connectivity index (χ0n) is 17.0. The Labute approximate surface area is 186 Å². The van der Waals surface area contributed by atoms with Crippen molar-refractivity contribution in [2.24, 2.45) is 0 Å². The maximum absolute atomic E-state index is 12.3. The monoisotopic (exact) mass is 437 g/mol. The molecule has 31 heavy (non-hydrogen) atoms. The zero-order valence-corrected chi connectivity index (χ0v) is 17.8. The molecule has 3 aromatic rings. The van der Waals surface area contributed by atoms with Gasteiger partial charge >= 0.3 is 6.01 Å². The minimum atomic E-state index is -0.113. The average molecular weight is 438 g/mol. The maximum Gasteiger partial charge on any atom is 0.316 e. The van der Waals surface area contributed by atoms with Crippen LogP contribution < -0.4 is 14.8 Å². The van der Waals surface area contributed by atoms with Gasteiger partial charge in [-0.05, 0) is 48.9 Å². The summed E-state index contributed by atoms with van der Waals surface area (Å²) in [7, 11) is 0. The minimum Gasteiger partial charge on any atom is -0.484 e. The molecule has 0 saturated heterocycles. The van der Waals surface area contributed by atoms with Gasteiger partial charge in [0.15, 0.2) is 6.61 Å². The number of benzene rings is 2. The Balaban J connectivity index is 1.18. The molecule has 0 atom stereocenters. The summed E-state index contributed by atoms with van der Waals surface area (Å²) in [4.78, 5) is 20.4. The van der Waals surface area contributed by atoms with E-state index in [2.05, 4.69) is 27.4 Å². The fourth-order valence-electron chi connectivity index (χ4n) is 3.63. The van der Waals surface area contributed by atoms with E-state index in [4.69, 9.17) is 21.1 Å². The highest BCUT2D eigenvalue weighted by molar-refractivity contribution is 6.30. The second-order valence-electron chi connectivity index (χ2n) is 7.52. The molecular weight excluding hydrogens is 414 g/mol. The fourth-order valence-corrected chi connectivity index (χ4v) is 3.73. The molecule has 0 radical (unpaired) electrons. The van der Waals surface area contributed by atoms with Crippen molar-refractivity contribution in [1.82, 2.24) is 15.3 Å². The van der Waals surface area contributed by atoms with E-state index in [-0.39, 0.29) is 24.7 Å². The van der Waals surface area contributed by atoms with Crippen molar-refractivity contribution in [3.05, 3.63) is 72.0 Å². The lowest BCUT2D eigenvalue weighted by Gasteiger charge is -2.28. The van der Waals surface area contributed by atoms with Gasteiger partial charge in [0.1, 0.15) is 11.9 Å². The first-order valence-corrected chi connectivity index (χ1v) is 10.8. The molecule has 1 saturated carbocycles. The van der Waals surface area contributed by atoms with Crippen LogP contribution >= 0.6 is 11.6 Å². The van der Waals surface area contributed by atoms with Gasteiger partial charge in [0.2, 0.25) is 0 Å². The van der Waals surface area contributed by atoms with Crippen molar-refractivity contribution in [2.45, 2.75) is 37.8 Å². The third-order valence-electron chi connectivity index (χ3n) is 5.24. The SMILES string of the molecule is O=C(COc1ccc(-c2ccccc2)cc1)NC1CCC(Oc2ncc(Cl)cn2)CC1. The number of carbonyl (C=O) groups excluding carboxylic acids is 1. The molecule has 160 valence electrons. The van der Waals surface area contributed by atoms with Gasteiger partial charge in [-0.2, -0.15) is 0 Å². The second kappa shape index (κ2) is 10.3. The highest BCUT2D eigenvalue weighted by atomic mass is 35.5. The molecule has 1 aromatic heterocycles. The first-order valence-electron chi connectivity index (χ1n) is 10.4. The molecule has 6 nitrogen and oxygen atoms in total. The predicted molar refractivity (Wildman–Crippen MR) is 119 cm³/mol. The van der Waals surface area contributed by atoms with Crippen molar-refractivity contribution in [3.8, 4) is 22.9 Å². The van der Waals surface area contributed by atoms with Crippen molar-refractivity contribution in [2.75, 3.05) is 6.61 Å². The summed E-state index contributed by atoms with van der Waals surface area (Å²) in [5.41, 5.74) is 2.26.